The number of nitrogens with zero attached hydrogens (tertiary/aromatic N) is 1. The fourth-order valence-corrected chi connectivity index (χ4v) is 5.35. The van der Waals surface area contributed by atoms with E-state index in [1.165, 1.54) is 5.57 Å². The van der Waals surface area contributed by atoms with Crippen LogP contribution in [0.1, 0.15) is 70.1 Å². The Morgan fingerprint density at radius 2 is 1.92 bits per heavy atom. The molecule has 194 valence electrons. The lowest BCUT2D eigenvalue weighted by molar-refractivity contribution is 0.0312. The van der Waals surface area contributed by atoms with Gasteiger partial charge in [0.05, 0.1) is 0 Å². The van der Waals surface area contributed by atoms with Gasteiger partial charge < -0.3 is 10.1 Å². The number of alkyl carbamates (subject to hydrolysis) is 1. The molecule has 1 N–H and O–H groups in total. The van der Waals surface area contributed by atoms with Gasteiger partial charge in [0, 0.05) is 17.7 Å². The van der Waals surface area contributed by atoms with E-state index >= 15 is 0 Å². The summed E-state index contributed by atoms with van der Waals surface area (Å²) in [7, 11) is 0. The Morgan fingerprint density at radius 3 is 2.51 bits per heavy atom. The summed E-state index contributed by atoms with van der Waals surface area (Å²) in [5.74, 6) is 0.218. The summed E-state index contributed by atoms with van der Waals surface area (Å²) in [5, 5.41) is 3.69. The van der Waals surface area contributed by atoms with Gasteiger partial charge in [-0.2, -0.15) is 0 Å². The Balaban J connectivity index is 1.62. The molecule has 1 aromatic heterocycles. The number of halogens is 1. The van der Waals surface area contributed by atoms with Crippen LogP contribution in [0.25, 0.3) is 11.6 Å². The normalized spacial score (nSPS) is 19.3. The van der Waals surface area contributed by atoms with Crippen molar-refractivity contribution in [1.82, 2.24) is 10.3 Å². The van der Waals surface area contributed by atoms with Gasteiger partial charge in [-0.25, -0.2) is 9.78 Å². The van der Waals surface area contributed by atoms with Crippen molar-refractivity contribution in [2.75, 3.05) is 0 Å². The number of allylic oxidation sites excluding steroid dienone is 5. The Morgan fingerprint density at radius 1 is 1.22 bits per heavy atom. The topological polar surface area (TPSA) is 51.2 Å². The van der Waals surface area contributed by atoms with Crippen molar-refractivity contribution in [3.05, 3.63) is 99.9 Å². The van der Waals surface area contributed by atoms with E-state index in [0.29, 0.717) is 5.15 Å². The number of benzene rings is 1. The zero-order valence-corrected chi connectivity index (χ0v) is 23.3. The van der Waals surface area contributed by atoms with Gasteiger partial charge in [0.1, 0.15) is 10.8 Å². The quantitative estimate of drug-likeness (QED) is 0.309. The van der Waals surface area contributed by atoms with E-state index in [2.05, 4.69) is 54.2 Å². The third kappa shape index (κ3) is 6.24. The lowest BCUT2D eigenvalue weighted by atomic mass is 9.64. The number of rotatable bonds is 6. The first kappa shape index (κ1) is 26.9. The smallest absolute Gasteiger partial charge is 0.408 e. The molecular weight excluding hydrogens is 480 g/mol. The van der Waals surface area contributed by atoms with E-state index in [1.807, 2.05) is 52.0 Å². The molecule has 4 rings (SSSR count). The molecule has 1 atom stereocenters. The van der Waals surface area contributed by atoms with Crippen LogP contribution >= 0.6 is 11.6 Å². The van der Waals surface area contributed by atoms with Crippen molar-refractivity contribution in [2.45, 2.75) is 71.4 Å². The first-order valence-corrected chi connectivity index (χ1v) is 13.3. The SMILES string of the molecule is C=C(C1=C(C)CC(C2(NC(=O)OC(C)(C)C)CCC2)C=C1)/C(=C\c1cc(Cl)ncc1C)c1ccccc1. The highest BCUT2D eigenvalue weighted by Crippen LogP contribution is 2.45. The van der Waals surface area contributed by atoms with Crippen LogP contribution in [0.2, 0.25) is 5.15 Å². The Hall–Kier alpha value is -3.11. The molecule has 0 bridgehead atoms. The predicted octanol–water partition coefficient (Wildman–Crippen LogP) is 8.48. The maximum absolute atomic E-state index is 12.6. The summed E-state index contributed by atoms with van der Waals surface area (Å²) < 4.78 is 5.58. The number of carbonyl (C=O) groups excluding carboxylic acids is 1. The van der Waals surface area contributed by atoms with Crippen molar-refractivity contribution >= 4 is 29.3 Å². The number of carbonyl (C=O) groups is 1. The number of pyridine rings is 1. The molecule has 37 heavy (non-hydrogen) atoms. The van der Waals surface area contributed by atoms with E-state index < -0.39 is 5.60 Å². The minimum atomic E-state index is -0.518. The molecule has 2 aromatic rings. The van der Waals surface area contributed by atoms with Gasteiger partial charge in [0.2, 0.25) is 0 Å². The maximum atomic E-state index is 12.6. The number of nitrogens with one attached hydrogen (secondary N) is 1. The van der Waals surface area contributed by atoms with Crippen molar-refractivity contribution in [2.24, 2.45) is 5.92 Å². The van der Waals surface area contributed by atoms with Crippen LogP contribution in [-0.2, 0) is 4.74 Å². The maximum Gasteiger partial charge on any atom is 0.408 e. The van der Waals surface area contributed by atoms with Crippen LogP contribution in [-0.4, -0.2) is 22.2 Å². The predicted molar refractivity (Wildman–Crippen MR) is 153 cm³/mol. The van der Waals surface area contributed by atoms with E-state index in [4.69, 9.17) is 16.3 Å². The third-order valence-corrected chi connectivity index (χ3v) is 7.54. The Labute approximate surface area is 226 Å². The molecule has 1 amide bonds. The fraction of sp³-hybridized carbons (Fsp3) is 0.375. The summed E-state index contributed by atoms with van der Waals surface area (Å²) in [6, 6.07) is 12.2. The van der Waals surface area contributed by atoms with E-state index in [-0.39, 0.29) is 17.6 Å². The minimum Gasteiger partial charge on any atom is -0.444 e. The highest BCUT2D eigenvalue weighted by molar-refractivity contribution is 6.29. The number of hydrogen-bond donors (Lipinski definition) is 1. The van der Waals surface area contributed by atoms with Crippen LogP contribution in [0.15, 0.2) is 78.0 Å². The lowest BCUT2D eigenvalue weighted by Gasteiger charge is -2.48. The summed E-state index contributed by atoms with van der Waals surface area (Å²) in [6.45, 7) is 14.4. The fourth-order valence-electron chi connectivity index (χ4n) is 5.18. The molecule has 0 saturated heterocycles. The molecule has 2 aliphatic carbocycles. The monoisotopic (exact) mass is 516 g/mol. The van der Waals surface area contributed by atoms with Crippen molar-refractivity contribution < 1.29 is 9.53 Å². The third-order valence-electron chi connectivity index (χ3n) is 7.33. The van der Waals surface area contributed by atoms with Gasteiger partial charge in [0.25, 0.3) is 0 Å². The van der Waals surface area contributed by atoms with Gasteiger partial charge >= 0.3 is 6.09 Å². The van der Waals surface area contributed by atoms with E-state index in [0.717, 1.165) is 59.1 Å². The highest BCUT2D eigenvalue weighted by atomic mass is 35.5. The first-order chi connectivity index (χ1) is 17.5. The van der Waals surface area contributed by atoms with Gasteiger partial charge in [-0.1, -0.05) is 66.2 Å². The van der Waals surface area contributed by atoms with E-state index in [9.17, 15) is 4.79 Å². The molecule has 1 saturated carbocycles. The van der Waals surface area contributed by atoms with E-state index in [1.54, 1.807) is 6.20 Å². The molecule has 0 spiro atoms. The van der Waals surface area contributed by atoms with Crippen LogP contribution in [0.3, 0.4) is 0 Å². The summed E-state index contributed by atoms with van der Waals surface area (Å²) in [4.78, 5) is 16.8. The van der Waals surface area contributed by atoms with Crippen molar-refractivity contribution in [3.8, 4) is 0 Å². The van der Waals surface area contributed by atoms with Crippen LogP contribution in [0, 0.1) is 12.8 Å². The second-order valence-electron chi connectivity index (χ2n) is 11.3. The zero-order chi connectivity index (χ0) is 26.8. The standard InChI is InChI=1S/C32H37ClN2O2/c1-21-17-26(32(15-10-16-32)35-30(36)37-31(4,5)6)13-14-27(21)23(3)28(24-11-8-7-9-12-24)18-25-19-29(33)34-20-22(25)2/h7-9,11-14,18-20,26H,3,10,15-17H2,1-2,4-6H3,(H,35,36)/b28-18+. The van der Waals surface area contributed by atoms with Crippen LogP contribution in [0.4, 0.5) is 4.79 Å². The van der Waals surface area contributed by atoms with Gasteiger partial charge in [-0.15, -0.1) is 0 Å². The molecule has 4 nitrogen and oxygen atoms in total. The second kappa shape index (κ2) is 10.7. The Bertz CT molecular complexity index is 1280. The highest BCUT2D eigenvalue weighted by Gasteiger charge is 2.45. The molecular formula is C32H37ClN2O2. The lowest BCUT2D eigenvalue weighted by Crippen LogP contribution is -2.59. The van der Waals surface area contributed by atoms with Crippen LogP contribution < -0.4 is 5.32 Å². The number of aryl methyl sites for hydroxylation is 1. The number of ether oxygens (including phenoxy) is 1. The number of amides is 1. The number of aromatic nitrogens is 1. The van der Waals surface area contributed by atoms with Gasteiger partial charge in [0.15, 0.2) is 0 Å². The second-order valence-corrected chi connectivity index (χ2v) is 11.7. The molecule has 1 unspecified atom stereocenters. The Kier molecular flexibility index (Phi) is 7.80. The molecule has 1 aromatic carbocycles. The minimum absolute atomic E-state index is 0.218. The molecule has 0 radical (unpaired) electrons. The van der Waals surface area contributed by atoms with Crippen molar-refractivity contribution in [3.63, 3.8) is 0 Å². The molecule has 1 heterocycles. The molecule has 5 heteroatoms. The number of hydrogen-bond acceptors (Lipinski definition) is 3. The average molecular weight is 517 g/mol. The first-order valence-electron chi connectivity index (χ1n) is 13.0. The summed E-state index contributed by atoms with van der Waals surface area (Å²) >= 11 is 6.22. The average Bonchev–Trinajstić information content (AvgIpc) is 2.81. The molecule has 2 aliphatic rings. The van der Waals surface area contributed by atoms with Crippen molar-refractivity contribution in [1.29, 1.82) is 0 Å². The van der Waals surface area contributed by atoms with Gasteiger partial charge in [-0.3, -0.25) is 0 Å². The molecule has 1 fully saturated rings. The zero-order valence-electron chi connectivity index (χ0n) is 22.5. The van der Waals surface area contributed by atoms with Gasteiger partial charge in [-0.05, 0) is 106 Å². The summed E-state index contributed by atoms with van der Waals surface area (Å²) in [6.07, 6.45) is 11.9. The largest absolute Gasteiger partial charge is 0.444 e. The van der Waals surface area contributed by atoms with Crippen LogP contribution in [0.5, 0.6) is 0 Å². The molecule has 0 aliphatic heterocycles. The summed E-state index contributed by atoms with van der Waals surface area (Å²) in [5.41, 5.74) is 6.81.